The number of benzene rings is 1. The van der Waals surface area contributed by atoms with E-state index in [1.807, 2.05) is 7.05 Å². The molecule has 1 heterocycles. The Morgan fingerprint density at radius 2 is 2.14 bits per heavy atom. The standard InChI is InChI=1S/C18H28N2O/c1-14-8-6-9-16(15(14)2)17-10-4-5-13-20(17)18(21)11-7-12-19-3/h6,8-9,17,19H,4-5,7,10-13H2,1-3H3. The molecule has 0 radical (unpaired) electrons. The number of nitrogens with one attached hydrogen (secondary N) is 1. The number of aryl methyl sites for hydroxylation is 1. The van der Waals surface area contributed by atoms with Gasteiger partial charge in [0.15, 0.2) is 0 Å². The van der Waals surface area contributed by atoms with Gasteiger partial charge < -0.3 is 10.2 Å². The minimum atomic E-state index is 0.278. The lowest BCUT2D eigenvalue weighted by atomic mass is 9.90. The number of piperidine rings is 1. The van der Waals surface area contributed by atoms with Crippen LogP contribution in [0, 0.1) is 13.8 Å². The van der Waals surface area contributed by atoms with Crippen LogP contribution in [0.2, 0.25) is 0 Å². The van der Waals surface area contributed by atoms with Crippen LogP contribution in [0.5, 0.6) is 0 Å². The van der Waals surface area contributed by atoms with Gasteiger partial charge in [0, 0.05) is 13.0 Å². The van der Waals surface area contributed by atoms with Crippen LogP contribution in [0.3, 0.4) is 0 Å². The van der Waals surface area contributed by atoms with Crippen LogP contribution in [-0.4, -0.2) is 30.9 Å². The largest absolute Gasteiger partial charge is 0.336 e. The van der Waals surface area contributed by atoms with Crippen molar-refractivity contribution >= 4 is 5.91 Å². The molecule has 116 valence electrons. The molecule has 1 saturated heterocycles. The molecule has 1 aliphatic heterocycles. The van der Waals surface area contributed by atoms with E-state index in [2.05, 4.69) is 42.3 Å². The van der Waals surface area contributed by atoms with E-state index in [4.69, 9.17) is 0 Å². The maximum atomic E-state index is 12.6. The Morgan fingerprint density at radius 3 is 2.90 bits per heavy atom. The zero-order valence-corrected chi connectivity index (χ0v) is 13.6. The van der Waals surface area contributed by atoms with Gasteiger partial charge in [-0.3, -0.25) is 4.79 Å². The second-order valence-corrected chi connectivity index (χ2v) is 6.09. The highest BCUT2D eigenvalue weighted by molar-refractivity contribution is 5.77. The maximum Gasteiger partial charge on any atom is 0.223 e. The van der Waals surface area contributed by atoms with E-state index in [-0.39, 0.29) is 6.04 Å². The van der Waals surface area contributed by atoms with Crippen LogP contribution in [0.4, 0.5) is 0 Å². The fourth-order valence-electron chi connectivity index (χ4n) is 3.25. The Bertz CT molecular complexity index is 484. The third-order valence-corrected chi connectivity index (χ3v) is 4.65. The van der Waals surface area contributed by atoms with Crippen LogP contribution >= 0.6 is 0 Å². The lowest BCUT2D eigenvalue weighted by molar-refractivity contribution is -0.135. The predicted octanol–water partition coefficient (Wildman–Crippen LogP) is 3.36. The monoisotopic (exact) mass is 288 g/mol. The molecule has 1 amide bonds. The van der Waals surface area contributed by atoms with E-state index >= 15 is 0 Å². The van der Waals surface area contributed by atoms with Gasteiger partial charge in [-0.25, -0.2) is 0 Å². The van der Waals surface area contributed by atoms with Gasteiger partial charge >= 0.3 is 0 Å². The van der Waals surface area contributed by atoms with E-state index in [1.165, 1.54) is 23.1 Å². The summed E-state index contributed by atoms with van der Waals surface area (Å²) in [7, 11) is 1.93. The first-order valence-electron chi connectivity index (χ1n) is 8.15. The van der Waals surface area contributed by atoms with Crippen molar-refractivity contribution in [2.75, 3.05) is 20.1 Å². The van der Waals surface area contributed by atoms with Gasteiger partial charge in [-0.05, 0) is 69.8 Å². The quantitative estimate of drug-likeness (QED) is 0.843. The molecule has 3 heteroatoms. The molecule has 1 unspecified atom stereocenters. The zero-order valence-electron chi connectivity index (χ0n) is 13.6. The molecule has 0 bridgehead atoms. The molecule has 21 heavy (non-hydrogen) atoms. The van der Waals surface area contributed by atoms with E-state index in [9.17, 15) is 4.79 Å². The van der Waals surface area contributed by atoms with Crippen LogP contribution in [0.15, 0.2) is 18.2 Å². The predicted molar refractivity (Wildman–Crippen MR) is 87.4 cm³/mol. The molecule has 0 aliphatic carbocycles. The molecule has 1 aromatic carbocycles. The number of carbonyl (C=O) groups is 1. The van der Waals surface area contributed by atoms with Crippen molar-refractivity contribution in [1.29, 1.82) is 0 Å². The summed E-state index contributed by atoms with van der Waals surface area (Å²) in [5, 5.41) is 3.11. The van der Waals surface area contributed by atoms with E-state index < -0.39 is 0 Å². The Hall–Kier alpha value is -1.35. The van der Waals surface area contributed by atoms with Crippen LogP contribution in [0.25, 0.3) is 0 Å². The summed E-state index contributed by atoms with van der Waals surface area (Å²) in [5.74, 6) is 0.316. The minimum Gasteiger partial charge on any atom is -0.336 e. The zero-order chi connectivity index (χ0) is 15.2. The molecule has 0 spiro atoms. The maximum absolute atomic E-state index is 12.6. The van der Waals surface area contributed by atoms with Crippen LogP contribution < -0.4 is 5.32 Å². The van der Waals surface area contributed by atoms with Crippen LogP contribution in [0.1, 0.15) is 54.8 Å². The average Bonchev–Trinajstić information content (AvgIpc) is 2.50. The van der Waals surface area contributed by atoms with Crippen molar-refractivity contribution in [3.63, 3.8) is 0 Å². The third-order valence-electron chi connectivity index (χ3n) is 4.65. The molecule has 1 N–H and O–H groups in total. The second-order valence-electron chi connectivity index (χ2n) is 6.09. The molecule has 0 saturated carbocycles. The number of amides is 1. The Morgan fingerprint density at radius 1 is 1.33 bits per heavy atom. The minimum absolute atomic E-state index is 0.278. The normalized spacial score (nSPS) is 18.8. The first-order chi connectivity index (χ1) is 10.1. The Kier molecular flexibility index (Phi) is 5.80. The van der Waals surface area contributed by atoms with Crippen molar-refractivity contribution in [3.8, 4) is 0 Å². The van der Waals surface area contributed by atoms with E-state index in [1.54, 1.807) is 0 Å². The van der Waals surface area contributed by atoms with Crippen molar-refractivity contribution in [2.24, 2.45) is 0 Å². The molecule has 1 fully saturated rings. The highest BCUT2D eigenvalue weighted by Gasteiger charge is 2.28. The number of nitrogens with zero attached hydrogens (tertiary/aromatic N) is 1. The summed E-state index contributed by atoms with van der Waals surface area (Å²) in [6.45, 7) is 6.16. The number of hydrogen-bond donors (Lipinski definition) is 1. The summed E-state index contributed by atoms with van der Waals surface area (Å²) in [5.41, 5.74) is 4.01. The molecule has 0 aromatic heterocycles. The van der Waals surface area contributed by atoms with Crippen LogP contribution in [-0.2, 0) is 4.79 Å². The fourth-order valence-corrected chi connectivity index (χ4v) is 3.25. The SMILES string of the molecule is CNCCCC(=O)N1CCCCC1c1cccc(C)c1C. The Labute approximate surface area is 128 Å². The summed E-state index contributed by atoms with van der Waals surface area (Å²) in [6, 6.07) is 6.75. The van der Waals surface area contributed by atoms with Gasteiger partial charge in [-0.1, -0.05) is 18.2 Å². The topological polar surface area (TPSA) is 32.3 Å². The first kappa shape index (κ1) is 16.0. The molecule has 1 aromatic rings. The van der Waals surface area contributed by atoms with Crippen molar-refractivity contribution in [3.05, 3.63) is 34.9 Å². The molecular formula is C18H28N2O. The van der Waals surface area contributed by atoms with Gasteiger partial charge in [0.25, 0.3) is 0 Å². The number of hydrogen-bond acceptors (Lipinski definition) is 2. The second kappa shape index (κ2) is 7.60. The number of likely N-dealkylation sites (tertiary alicyclic amines) is 1. The van der Waals surface area contributed by atoms with Gasteiger partial charge in [0.1, 0.15) is 0 Å². The lowest BCUT2D eigenvalue weighted by Crippen LogP contribution is -2.39. The van der Waals surface area contributed by atoms with Gasteiger partial charge in [-0.2, -0.15) is 0 Å². The van der Waals surface area contributed by atoms with Gasteiger partial charge in [0.2, 0.25) is 5.91 Å². The van der Waals surface area contributed by atoms with Crippen molar-refractivity contribution in [2.45, 2.75) is 52.0 Å². The van der Waals surface area contributed by atoms with E-state index in [0.29, 0.717) is 12.3 Å². The fraction of sp³-hybridized carbons (Fsp3) is 0.611. The van der Waals surface area contributed by atoms with Crippen molar-refractivity contribution in [1.82, 2.24) is 10.2 Å². The number of rotatable bonds is 5. The summed E-state index contributed by atoms with van der Waals surface area (Å²) < 4.78 is 0. The lowest BCUT2D eigenvalue weighted by Gasteiger charge is -2.37. The molecule has 3 nitrogen and oxygen atoms in total. The smallest absolute Gasteiger partial charge is 0.223 e. The first-order valence-corrected chi connectivity index (χ1v) is 8.15. The van der Waals surface area contributed by atoms with E-state index in [0.717, 1.165) is 32.4 Å². The summed E-state index contributed by atoms with van der Waals surface area (Å²) >= 11 is 0. The summed E-state index contributed by atoms with van der Waals surface area (Å²) in [4.78, 5) is 14.7. The molecular weight excluding hydrogens is 260 g/mol. The van der Waals surface area contributed by atoms with Gasteiger partial charge in [0.05, 0.1) is 6.04 Å². The van der Waals surface area contributed by atoms with Crippen molar-refractivity contribution < 1.29 is 4.79 Å². The summed E-state index contributed by atoms with van der Waals surface area (Å²) in [6.07, 6.45) is 5.03. The molecule has 1 atom stereocenters. The third kappa shape index (κ3) is 3.85. The Balaban J connectivity index is 2.15. The van der Waals surface area contributed by atoms with Gasteiger partial charge in [-0.15, -0.1) is 0 Å². The molecule has 2 rings (SSSR count). The molecule has 1 aliphatic rings. The average molecular weight is 288 g/mol. The highest BCUT2D eigenvalue weighted by atomic mass is 16.2. The highest BCUT2D eigenvalue weighted by Crippen LogP contribution is 2.34. The number of carbonyl (C=O) groups excluding carboxylic acids is 1.